The summed E-state index contributed by atoms with van der Waals surface area (Å²) in [5, 5.41) is 1.34. The number of amides is 1. The Morgan fingerprint density at radius 2 is 1.69 bits per heavy atom. The minimum Gasteiger partial charge on any atom is -0.283 e. The molecule has 0 aliphatic carbocycles. The fourth-order valence-corrected chi connectivity index (χ4v) is 4.54. The van der Waals surface area contributed by atoms with Gasteiger partial charge in [-0.05, 0) is 36.6 Å². The van der Waals surface area contributed by atoms with Gasteiger partial charge in [0, 0.05) is 0 Å². The summed E-state index contributed by atoms with van der Waals surface area (Å²) in [6, 6.07) is 21.9. The SMILES string of the molecule is Cc1ccc(CC(=O)N(Cc2ccccc2)c2nc3c(C)ccc(Cl)c3s2)cc1. The van der Waals surface area contributed by atoms with Crippen LogP contribution in [0.1, 0.15) is 22.3 Å². The number of fused-ring (bicyclic) bond motifs is 1. The molecule has 0 spiro atoms. The van der Waals surface area contributed by atoms with E-state index in [0.29, 0.717) is 23.1 Å². The Bertz CT molecular complexity index is 1110. The molecule has 0 fully saturated rings. The summed E-state index contributed by atoms with van der Waals surface area (Å²) in [6.45, 7) is 4.53. The molecule has 3 aromatic carbocycles. The molecule has 3 nitrogen and oxygen atoms in total. The molecule has 0 aliphatic rings. The van der Waals surface area contributed by atoms with Crippen LogP contribution < -0.4 is 4.90 Å². The van der Waals surface area contributed by atoms with Crippen LogP contribution in [-0.4, -0.2) is 10.9 Å². The summed E-state index contributed by atoms with van der Waals surface area (Å²) in [7, 11) is 0. The molecule has 29 heavy (non-hydrogen) atoms. The minimum atomic E-state index is 0.0190. The van der Waals surface area contributed by atoms with Crippen molar-refractivity contribution >= 4 is 44.2 Å². The molecule has 4 aromatic rings. The third-order valence-corrected chi connectivity index (χ3v) is 6.42. The monoisotopic (exact) mass is 420 g/mol. The fourth-order valence-electron chi connectivity index (χ4n) is 3.21. The molecule has 5 heteroatoms. The number of anilines is 1. The Balaban J connectivity index is 1.72. The third-order valence-electron chi connectivity index (χ3n) is 4.88. The topological polar surface area (TPSA) is 33.2 Å². The zero-order chi connectivity index (χ0) is 20.4. The number of thiazole rings is 1. The summed E-state index contributed by atoms with van der Waals surface area (Å²) in [6.07, 6.45) is 0.329. The number of carbonyl (C=O) groups is 1. The summed E-state index contributed by atoms with van der Waals surface area (Å²) in [5.41, 5.74) is 5.15. The highest BCUT2D eigenvalue weighted by molar-refractivity contribution is 7.23. The van der Waals surface area contributed by atoms with Crippen molar-refractivity contribution in [2.45, 2.75) is 26.8 Å². The van der Waals surface area contributed by atoms with E-state index < -0.39 is 0 Å². The maximum absolute atomic E-state index is 13.3. The van der Waals surface area contributed by atoms with Crippen molar-refractivity contribution in [2.75, 3.05) is 4.90 Å². The van der Waals surface area contributed by atoms with E-state index in [-0.39, 0.29) is 5.91 Å². The van der Waals surface area contributed by atoms with Gasteiger partial charge in [0.15, 0.2) is 5.13 Å². The van der Waals surface area contributed by atoms with Gasteiger partial charge in [-0.3, -0.25) is 9.69 Å². The molecule has 1 aromatic heterocycles. The first-order chi connectivity index (χ1) is 14.0. The molecule has 0 atom stereocenters. The second kappa shape index (κ2) is 8.36. The van der Waals surface area contributed by atoms with Gasteiger partial charge in [-0.25, -0.2) is 4.98 Å². The number of benzene rings is 3. The predicted octanol–water partition coefficient (Wildman–Crippen LogP) is 6.34. The van der Waals surface area contributed by atoms with Gasteiger partial charge < -0.3 is 0 Å². The lowest BCUT2D eigenvalue weighted by Crippen LogP contribution is -2.31. The van der Waals surface area contributed by atoms with Gasteiger partial charge in [0.05, 0.1) is 28.2 Å². The number of hydrogen-bond acceptors (Lipinski definition) is 3. The van der Waals surface area contributed by atoms with E-state index in [9.17, 15) is 4.79 Å². The van der Waals surface area contributed by atoms with Crippen molar-refractivity contribution in [1.82, 2.24) is 4.98 Å². The van der Waals surface area contributed by atoms with E-state index in [1.807, 2.05) is 80.6 Å². The van der Waals surface area contributed by atoms with Crippen LogP contribution in [0.4, 0.5) is 5.13 Å². The van der Waals surface area contributed by atoms with Crippen LogP contribution in [0.2, 0.25) is 5.02 Å². The lowest BCUT2D eigenvalue weighted by Gasteiger charge is -2.20. The minimum absolute atomic E-state index is 0.0190. The van der Waals surface area contributed by atoms with Gasteiger partial charge in [0.1, 0.15) is 0 Å². The van der Waals surface area contributed by atoms with E-state index in [0.717, 1.165) is 26.9 Å². The van der Waals surface area contributed by atoms with Crippen LogP contribution in [0.15, 0.2) is 66.7 Å². The van der Waals surface area contributed by atoms with Crippen molar-refractivity contribution in [3.8, 4) is 0 Å². The van der Waals surface area contributed by atoms with Crippen LogP contribution in [-0.2, 0) is 17.8 Å². The average molecular weight is 421 g/mol. The van der Waals surface area contributed by atoms with E-state index in [1.54, 1.807) is 4.90 Å². The summed E-state index contributed by atoms with van der Waals surface area (Å²) in [5.74, 6) is 0.0190. The van der Waals surface area contributed by atoms with Crippen molar-refractivity contribution in [1.29, 1.82) is 0 Å². The molecular formula is C24H21ClN2OS. The highest BCUT2D eigenvalue weighted by atomic mass is 35.5. The van der Waals surface area contributed by atoms with Crippen molar-refractivity contribution in [3.63, 3.8) is 0 Å². The molecule has 1 amide bonds. The van der Waals surface area contributed by atoms with E-state index >= 15 is 0 Å². The first-order valence-corrected chi connectivity index (χ1v) is 10.7. The molecule has 0 aliphatic heterocycles. The average Bonchev–Trinajstić information content (AvgIpc) is 3.18. The molecular weight excluding hydrogens is 400 g/mol. The number of halogens is 1. The summed E-state index contributed by atoms with van der Waals surface area (Å²) >= 11 is 7.87. The van der Waals surface area contributed by atoms with Crippen molar-refractivity contribution in [2.24, 2.45) is 0 Å². The Labute approximate surface area is 179 Å². The van der Waals surface area contributed by atoms with E-state index in [4.69, 9.17) is 16.6 Å². The largest absolute Gasteiger partial charge is 0.283 e. The number of aryl methyl sites for hydroxylation is 2. The maximum Gasteiger partial charge on any atom is 0.233 e. The maximum atomic E-state index is 13.3. The zero-order valence-electron chi connectivity index (χ0n) is 16.4. The van der Waals surface area contributed by atoms with Gasteiger partial charge in [-0.15, -0.1) is 0 Å². The Morgan fingerprint density at radius 1 is 0.966 bits per heavy atom. The normalized spacial score (nSPS) is 11.0. The van der Waals surface area contributed by atoms with Crippen LogP contribution >= 0.6 is 22.9 Å². The zero-order valence-corrected chi connectivity index (χ0v) is 17.9. The van der Waals surface area contributed by atoms with Crippen molar-refractivity contribution < 1.29 is 4.79 Å². The van der Waals surface area contributed by atoms with Gasteiger partial charge in [0.25, 0.3) is 0 Å². The quantitative estimate of drug-likeness (QED) is 0.377. The van der Waals surface area contributed by atoms with Crippen LogP contribution in [0, 0.1) is 13.8 Å². The van der Waals surface area contributed by atoms with Crippen LogP contribution in [0.3, 0.4) is 0 Å². The molecule has 0 saturated heterocycles. The molecule has 0 bridgehead atoms. The van der Waals surface area contributed by atoms with Gasteiger partial charge in [-0.2, -0.15) is 0 Å². The van der Waals surface area contributed by atoms with Crippen LogP contribution in [0.5, 0.6) is 0 Å². The standard InChI is InChI=1S/C24H21ClN2OS/c1-16-8-11-18(12-9-16)14-21(28)27(15-19-6-4-3-5-7-19)24-26-22-17(2)10-13-20(25)23(22)29-24/h3-13H,14-15H2,1-2H3. The molecule has 1 heterocycles. The molecule has 146 valence electrons. The van der Waals surface area contributed by atoms with Gasteiger partial charge >= 0.3 is 0 Å². The molecule has 4 rings (SSSR count). The molecule has 0 unspecified atom stereocenters. The summed E-state index contributed by atoms with van der Waals surface area (Å²) < 4.78 is 0.919. The first kappa shape index (κ1) is 19.6. The molecule has 0 radical (unpaired) electrons. The number of hydrogen-bond donors (Lipinski definition) is 0. The van der Waals surface area contributed by atoms with E-state index in [1.165, 1.54) is 16.9 Å². The van der Waals surface area contributed by atoms with Gasteiger partial charge in [0.2, 0.25) is 5.91 Å². The Hall–Kier alpha value is -2.69. The molecule has 0 saturated carbocycles. The van der Waals surface area contributed by atoms with Gasteiger partial charge in [-0.1, -0.05) is 89.2 Å². The lowest BCUT2D eigenvalue weighted by molar-refractivity contribution is -0.118. The highest BCUT2D eigenvalue weighted by Crippen LogP contribution is 2.36. The van der Waals surface area contributed by atoms with E-state index in [2.05, 4.69) is 0 Å². The Kier molecular flexibility index (Phi) is 5.65. The number of nitrogens with zero attached hydrogens (tertiary/aromatic N) is 2. The van der Waals surface area contributed by atoms with Crippen LogP contribution in [0.25, 0.3) is 10.2 Å². The predicted molar refractivity (Wildman–Crippen MR) is 122 cm³/mol. The number of aromatic nitrogens is 1. The molecule has 0 N–H and O–H groups in total. The highest BCUT2D eigenvalue weighted by Gasteiger charge is 2.22. The Morgan fingerprint density at radius 3 is 2.38 bits per heavy atom. The van der Waals surface area contributed by atoms with Crippen molar-refractivity contribution in [3.05, 3.63) is 94.0 Å². The third kappa shape index (κ3) is 4.34. The number of rotatable bonds is 5. The smallest absolute Gasteiger partial charge is 0.233 e. The second-order valence-electron chi connectivity index (χ2n) is 7.17. The lowest BCUT2D eigenvalue weighted by atomic mass is 10.1. The summed E-state index contributed by atoms with van der Waals surface area (Å²) in [4.78, 5) is 19.9. The fraction of sp³-hybridized carbons (Fsp3) is 0.167. The number of carbonyl (C=O) groups excluding carboxylic acids is 1. The second-order valence-corrected chi connectivity index (χ2v) is 8.55. The first-order valence-electron chi connectivity index (χ1n) is 9.47.